The van der Waals surface area contributed by atoms with E-state index in [-0.39, 0.29) is 6.04 Å². The van der Waals surface area contributed by atoms with Crippen molar-refractivity contribution in [1.82, 2.24) is 15.3 Å². The van der Waals surface area contributed by atoms with Gasteiger partial charge >= 0.3 is 6.18 Å². The van der Waals surface area contributed by atoms with Crippen molar-refractivity contribution in [3.63, 3.8) is 0 Å². The predicted molar refractivity (Wildman–Crippen MR) is 73.5 cm³/mol. The Hall–Kier alpha value is -1.95. The highest BCUT2D eigenvalue weighted by molar-refractivity contribution is 5.21. The third kappa shape index (κ3) is 4.01. The average molecular weight is 295 g/mol. The van der Waals surface area contributed by atoms with E-state index in [1.807, 2.05) is 26.0 Å². The Bertz CT molecular complexity index is 594. The van der Waals surface area contributed by atoms with Crippen LogP contribution in [0.4, 0.5) is 13.2 Å². The second-order valence-electron chi connectivity index (χ2n) is 4.84. The van der Waals surface area contributed by atoms with Crippen LogP contribution in [-0.2, 0) is 12.7 Å². The van der Waals surface area contributed by atoms with Crippen LogP contribution >= 0.6 is 0 Å². The summed E-state index contributed by atoms with van der Waals surface area (Å²) in [6, 6.07) is 6.25. The SMILES string of the molecule is Cc1cccnc1C(C)NCc1ccc(C(F)(F)F)cn1. The summed E-state index contributed by atoms with van der Waals surface area (Å²) in [6.45, 7) is 4.31. The van der Waals surface area contributed by atoms with E-state index in [0.717, 1.165) is 23.5 Å². The van der Waals surface area contributed by atoms with Crippen molar-refractivity contribution in [3.8, 4) is 0 Å². The molecule has 0 radical (unpaired) electrons. The van der Waals surface area contributed by atoms with Gasteiger partial charge in [0.1, 0.15) is 0 Å². The summed E-state index contributed by atoms with van der Waals surface area (Å²) in [4.78, 5) is 8.14. The maximum absolute atomic E-state index is 12.4. The first-order valence-electron chi connectivity index (χ1n) is 6.55. The molecule has 2 aromatic rings. The lowest BCUT2D eigenvalue weighted by Gasteiger charge is -2.15. The lowest BCUT2D eigenvalue weighted by Crippen LogP contribution is -2.20. The number of aromatic nitrogens is 2. The largest absolute Gasteiger partial charge is 0.417 e. The fourth-order valence-electron chi connectivity index (χ4n) is 2.00. The molecule has 2 rings (SSSR count). The minimum absolute atomic E-state index is 0.00436. The zero-order valence-corrected chi connectivity index (χ0v) is 11.8. The molecule has 0 aromatic carbocycles. The third-order valence-electron chi connectivity index (χ3n) is 3.20. The molecule has 0 bridgehead atoms. The summed E-state index contributed by atoms with van der Waals surface area (Å²) in [5.41, 5.74) is 1.81. The molecular formula is C15H16F3N3. The number of aryl methyl sites for hydroxylation is 1. The fourth-order valence-corrected chi connectivity index (χ4v) is 2.00. The summed E-state index contributed by atoms with van der Waals surface area (Å²) >= 11 is 0. The molecule has 3 nitrogen and oxygen atoms in total. The van der Waals surface area contributed by atoms with Crippen LogP contribution in [0.1, 0.15) is 35.5 Å². The van der Waals surface area contributed by atoms with Gasteiger partial charge in [-0.2, -0.15) is 13.2 Å². The lowest BCUT2D eigenvalue weighted by atomic mass is 10.1. The number of rotatable bonds is 4. The molecule has 0 fully saturated rings. The minimum atomic E-state index is -4.35. The van der Waals surface area contributed by atoms with Crippen LogP contribution in [-0.4, -0.2) is 9.97 Å². The van der Waals surface area contributed by atoms with E-state index in [0.29, 0.717) is 12.2 Å². The fraction of sp³-hybridized carbons (Fsp3) is 0.333. The zero-order chi connectivity index (χ0) is 15.5. The van der Waals surface area contributed by atoms with Gasteiger partial charge < -0.3 is 5.32 Å². The van der Waals surface area contributed by atoms with E-state index in [1.54, 1.807) is 6.20 Å². The molecule has 1 atom stereocenters. The number of hydrogen-bond acceptors (Lipinski definition) is 3. The van der Waals surface area contributed by atoms with Gasteiger partial charge in [0.25, 0.3) is 0 Å². The number of nitrogens with zero attached hydrogens (tertiary/aromatic N) is 2. The number of alkyl halides is 3. The molecule has 0 aliphatic carbocycles. The Labute approximate surface area is 121 Å². The molecule has 0 saturated carbocycles. The molecule has 0 amide bonds. The second kappa shape index (κ2) is 6.22. The standard InChI is InChI=1S/C15H16F3N3/c1-10-4-3-7-19-14(10)11(2)20-9-13-6-5-12(8-21-13)15(16,17)18/h3-8,11,20H,9H2,1-2H3. The van der Waals surface area contributed by atoms with E-state index < -0.39 is 11.7 Å². The monoisotopic (exact) mass is 295 g/mol. The minimum Gasteiger partial charge on any atom is -0.303 e. The molecule has 1 unspecified atom stereocenters. The first-order chi connectivity index (χ1) is 9.88. The Morgan fingerprint density at radius 3 is 2.52 bits per heavy atom. The normalized spacial score (nSPS) is 13.2. The second-order valence-corrected chi connectivity index (χ2v) is 4.84. The van der Waals surface area contributed by atoms with Crippen LogP contribution < -0.4 is 5.32 Å². The Morgan fingerprint density at radius 1 is 1.19 bits per heavy atom. The van der Waals surface area contributed by atoms with Gasteiger partial charge in [0.15, 0.2) is 0 Å². The van der Waals surface area contributed by atoms with Crippen LogP contribution in [0.2, 0.25) is 0 Å². The van der Waals surface area contributed by atoms with Gasteiger partial charge in [0, 0.05) is 25.0 Å². The van der Waals surface area contributed by atoms with Gasteiger partial charge in [-0.3, -0.25) is 9.97 Å². The predicted octanol–water partition coefficient (Wildman–Crippen LogP) is 3.65. The summed E-state index contributed by atoms with van der Waals surface area (Å²) in [6.07, 6.45) is -1.78. The highest BCUT2D eigenvalue weighted by Gasteiger charge is 2.30. The molecule has 0 aliphatic heterocycles. The maximum atomic E-state index is 12.4. The van der Waals surface area contributed by atoms with E-state index >= 15 is 0 Å². The van der Waals surface area contributed by atoms with E-state index in [1.165, 1.54) is 6.07 Å². The summed E-state index contributed by atoms with van der Waals surface area (Å²) < 4.78 is 37.3. The first kappa shape index (κ1) is 15.4. The Balaban J connectivity index is 1.99. The van der Waals surface area contributed by atoms with Crippen molar-refractivity contribution in [3.05, 3.63) is 59.2 Å². The van der Waals surface area contributed by atoms with Crippen LogP contribution in [0.5, 0.6) is 0 Å². The number of halogens is 3. The van der Waals surface area contributed by atoms with Crippen LogP contribution in [0.25, 0.3) is 0 Å². The third-order valence-corrected chi connectivity index (χ3v) is 3.20. The molecule has 0 aliphatic rings. The van der Waals surface area contributed by atoms with Gasteiger partial charge in [-0.15, -0.1) is 0 Å². The lowest BCUT2D eigenvalue weighted by molar-refractivity contribution is -0.137. The van der Waals surface area contributed by atoms with Gasteiger partial charge in [0.05, 0.1) is 17.0 Å². The molecule has 2 heterocycles. The van der Waals surface area contributed by atoms with Crippen molar-refractivity contribution in [2.75, 3.05) is 0 Å². The van der Waals surface area contributed by atoms with Gasteiger partial charge in [0.2, 0.25) is 0 Å². The molecule has 0 spiro atoms. The highest BCUT2D eigenvalue weighted by atomic mass is 19.4. The van der Waals surface area contributed by atoms with Gasteiger partial charge in [-0.25, -0.2) is 0 Å². The molecular weight excluding hydrogens is 279 g/mol. The molecule has 2 aromatic heterocycles. The number of hydrogen-bond donors (Lipinski definition) is 1. The van der Waals surface area contributed by atoms with Crippen LogP contribution in [0.3, 0.4) is 0 Å². The van der Waals surface area contributed by atoms with Crippen molar-refractivity contribution >= 4 is 0 Å². The molecule has 6 heteroatoms. The van der Waals surface area contributed by atoms with Crippen molar-refractivity contribution in [1.29, 1.82) is 0 Å². The summed E-state index contributed by atoms with van der Waals surface area (Å²) in [7, 11) is 0. The number of nitrogens with one attached hydrogen (secondary N) is 1. The topological polar surface area (TPSA) is 37.8 Å². The molecule has 112 valence electrons. The molecule has 21 heavy (non-hydrogen) atoms. The van der Waals surface area contributed by atoms with Gasteiger partial charge in [-0.05, 0) is 37.6 Å². The van der Waals surface area contributed by atoms with E-state index in [4.69, 9.17) is 0 Å². The maximum Gasteiger partial charge on any atom is 0.417 e. The smallest absolute Gasteiger partial charge is 0.303 e. The van der Waals surface area contributed by atoms with Crippen molar-refractivity contribution < 1.29 is 13.2 Å². The van der Waals surface area contributed by atoms with E-state index in [9.17, 15) is 13.2 Å². The highest BCUT2D eigenvalue weighted by Crippen LogP contribution is 2.28. The van der Waals surface area contributed by atoms with Crippen molar-refractivity contribution in [2.45, 2.75) is 32.6 Å². The quantitative estimate of drug-likeness (QED) is 0.935. The average Bonchev–Trinajstić information content (AvgIpc) is 2.45. The van der Waals surface area contributed by atoms with E-state index in [2.05, 4.69) is 15.3 Å². The van der Waals surface area contributed by atoms with Crippen LogP contribution in [0, 0.1) is 6.92 Å². The Kier molecular flexibility index (Phi) is 4.57. The van der Waals surface area contributed by atoms with Crippen LogP contribution in [0.15, 0.2) is 36.7 Å². The number of pyridine rings is 2. The molecule has 0 saturated heterocycles. The summed E-state index contributed by atoms with van der Waals surface area (Å²) in [5.74, 6) is 0. The van der Waals surface area contributed by atoms with Crippen molar-refractivity contribution in [2.24, 2.45) is 0 Å². The molecule has 1 N–H and O–H groups in total. The first-order valence-corrected chi connectivity index (χ1v) is 6.55. The summed E-state index contributed by atoms with van der Waals surface area (Å²) in [5, 5.41) is 3.21. The zero-order valence-electron chi connectivity index (χ0n) is 11.8. The Morgan fingerprint density at radius 2 is 1.95 bits per heavy atom. The van der Waals surface area contributed by atoms with Gasteiger partial charge in [-0.1, -0.05) is 6.07 Å².